The standard InChI is InChI=1S/C13H28N2S/c1-10-9-15(4)12(3)8-13(10)14-11(2)6-7-16-5/h10-14H,6-9H2,1-5H3. The average Bonchev–Trinajstić information content (AvgIpc) is 2.23. The summed E-state index contributed by atoms with van der Waals surface area (Å²) in [5.41, 5.74) is 0. The van der Waals surface area contributed by atoms with E-state index in [1.807, 2.05) is 11.8 Å². The van der Waals surface area contributed by atoms with Crippen molar-refractivity contribution in [3.05, 3.63) is 0 Å². The van der Waals surface area contributed by atoms with Crippen LogP contribution < -0.4 is 5.32 Å². The van der Waals surface area contributed by atoms with Gasteiger partial charge in [-0.2, -0.15) is 11.8 Å². The number of nitrogens with zero attached hydrogens (tertiary/aromatic N) is 1. The Labute approximate surface area is 106 Å². The Kier molecular flexibility index (Phi) is 6.16. The van der Waals surface area contributed by atoms with Gasteiger partial charge in [0, 0.05) is 24.7 Å². The van der Waals surface area contributed by atoms with Gasteiger partial charge in [-0.1, -0.05) is 6.92 Å². The van der Waals surface area contributed by atoms with Crippen LogP contribution in [0.15, 0.2) is 0 Å². The van der Waals surface area contributed by atoms with E-state index in [0.29, 0.717) is 12.1 Å². The predicted octanol–water partition coefficient (Wildman–Crippen LogP) is 2.45. The molecule has 0 radical (unpaired) electrons. The van der Waals surface area contributed by atoms with E-state index < -0.39 is 0 Å². The third kappa shape index (κ3) is 4.27. The Morgan fingerprint density at radius 3 is 2.75 bits per heavy atom. The van der Waals surface area contributed by atoms with E-state index in [4.69, 9.17) is 0 Å². The molecule has 96 valence electrons. The lowest BCUT2D eigenvalue weighted by molar-refractivity contribution is 0.116. The SMILES string of the molecule is CSCCC(C)NC1CC(C)N(C)CC1C. The van der Waals surface area contributed by atoms with Crippen LogP contribution in [0.5, 0.6) is 0 Å². The fraction of sp³-hybridized carbons (Fsp3) is 1.00. The van der Waals surface area contributed by atoms with Gasteiger partial charge in [-0.25, -0.2) is 0 Å². The quantitative estimate of drug-likeness (QED) is 0.800. The summed E-state index contributed by atoms with van der Waals surface area (Å²) in [5.74, 6) is 2.04. The zero-order valence-corrected chi connectivity index (χ0v) is 12.3. The highest BCUT2D eigenvalue weighted by molar-refractivity contribution is 7.98. The van der Waals surface area contributed by atoms with E-state index in [9.17, 15) is 0 Å². The number of nitrogens with one attached hydrogen (secondary N) is 1. The number of hydrogen-bond acceptors (Lipinski definition) is 3. The normalized spacial score (nSPS) is 33.9. The molecular weight excluding hydrogens is 216 g/mol. The molecule has 0 amide bonds. The van der Waals surface area contributed by atoms with Crippen LogP contribution >= 0.6 is 11.8 Å². The lowest BCUT2D eigenvalue weighted by Gasteiger charge is -2.41. The van der Waals surface area contributed by atoms with E-state index in [1.165, 1.54) is 25.1 Å². The molecular formula is C13H28N2S. The van der Waals surface area contributed by atoms with Crippen LogP contribution in [0.25, 0.3) is 0 Å². The second kappa shape index (κ2) is 6.87. The molecule has 1 aliphatic rings. The summed E-state index contributed by atoms with van der Waals surface area (Å²) in [5, 5.41) is 3.81. The molecule has 1 saturated heterocycles. The van der Waals surface area contributed by atoms with E-state index in [-0.39, 0.29) is 0 Å². The Bertz CT molecular complexity index is 198. The first-order chi connectivity index (χ1) is 7.54. The Hall–Kier alpha value is 0.270. The average molecular weight is 244 g/mol. The summed E-state index contributed by atoms with van der Waals surface area (Å²) < 4.78 is 0. The second-order valence-corrected chi connectivity index (χ2v) is 6.44. The van der Waals surface area contributed by atoms with Gasteiger partial charge in [0.2, 0.25) is 0 Å². The molecule has 3 heteroatoms. The zero-order chi connectivity index (χ0) is 12.1. The lowest BCUT2D eigenvalue weighted by atomic mass is 9.89. The molecule has 0 bridgehead atoms. The maximum atomic E-state index is 3.81. The molecule has 1 rings (SSSR count). The molecule has 2 nitrogen and oxygen atoms in total. The third-order valence-corrected chi connectivity index (χ3v) is 4.51. The first kappa shape index (κ1) is 14.3. The van der Waals surface area contributed by atoms with Crippen molar-refractivity contribution < 1.29 is 0 Å². The molecule has 0 saturated carbocycles. The van der Waals surface area contributed by atoms with E-state index in [0.717, 1.165) is 12.0 Å². The highest BCUT2D eigenvalue weighted by Gasteiger charge is 2.29. The summed E-state index contributed by atoms with van der Waals surface area (Å²) in [6.07, 6.45) is 4.77. The minimum Gasteiger partial charge on any atom is -0.311 e. The minimum atomic E-state index is 0.663. The van der Waals surface area contributed by atoms with Crippen LogP contribution in [-0.4, -0.2) is 48.6 Å². The van der Waals surface area contributed by atoms with Crippen molar-refractivity contribution in [2.24, 2.45) is 5.92 Å². The number of rotatable bonds is 5. The van der Waals surface area contributed by atoms with Crippen LogP contribution in [0.3, 0.4) is 0 Å². The summed E-state index contributed by atoms with van der Waals surface area (Å²) in [7, 11) is 2.24. The molecule has 1 N–H and O–H groups in total. The fourth-order valence-corrected chi connectivity index (χ4v) is 3.11. The largest absolute Gasteiger partial charge is 0.311 e. The molecule has 4 unspecified atom stereocenters. The van der Waals surface area contributed by atoms with Gasteiger partial charge in [-0.05, 0) is 51.7 Å². The van der Waals surface area contributed by atoms with Gasteiger partial charge in [0.1, 0.15) is 0 Å². The smallest absolute Gasteiger partial charge is 0.0122 e. The monoisotopic (exact) mass is 244 g/mol. The van der Waals surface area contributed by atoms with Crippen molar-refractivity contribution in [2.45, 2.75) is 51.7 Å². The van der Waals surface area contributed by atoms with Crippen molar-refractivity contribution >= 4 is 11.8 Å². The maximum Gasteiger partial charge on any atom is 0.0122 e. The van der Waals surface area contributed by atoms with Gasteiger partial charge in [-0.15, -0.1) is 0 Å². The molecule has 1 fully saturated rings. The minimum absolute atomic E-state index is 0.663. The van der Waals surface area contributed by atoms with Crippen molar-refractivity contribution in [3.63, 3.8) is 0 Å². The topological polar surface area (TPSA) is 15.3 Å². The summed E-state index contributed by atoms with van der Waals surface area (Å²) in [6.45, 7) is 8.27. The van der Waals surface area contributed by atoms with Crippen molar-refractivity contribution in [1.82, 2.24) is 10.2 Å². The number of thioether (sulfide) groups is 1. The first-order valence-electron chi connectivity index (χ1n) is 6.49. The maximum absolute atomic E-state index is 3.81. The molecule has 0 aromatic heterocycles. The first-order valence-corrected chi connectivity index (χ1v) is 7.89. The van der Waals surface area contributed by atoms with Gasteiger partial charge >= 0.3 is 0 Å². The Morgan fingerprint density at radius 1 is 1.44 bits per heavy atom. The van der Waals surface area contributed by atoms with Crippen LogP contribution in [0, 0.1) is 5.92 Å². The lowest BCUT2D eigenvalue weighted by Crippen LogP contribution is -2.52. The summed E-state index contributed by atoms with van der Waals surface area (Å²) >= 11 is 1.95. The molecule has 1 aliphatic heterocycles. The van der Waals surface area contributed by atoms with Gasteiger partial charge in [0.15, 0.2) is 0 Å². The molecule has 4 atom stereocenters. The van der Waals surface area contributed by atoms with Crippen molar-refractivity contribution in [1.29, 1.82) is 0 Å². The third-order valence-electron chi connectivity index (χ3n) is 3.86. The van der Waals surface area contributed by atoms with Gasteiger partial charge < -0.3 is 10.2 Å². The highest BCUT2D eigenvalue weighted by atomic mass is 32.2. The van der Waals surface area contributed by atoms with Crippen molar-refractivity contribution in [3.8, 4) is 0 Å². The molecule has 0 aromatic rings. The van der Waals surface area contributed by atoms with E-state index in [2.05, 4.69) is 44.3 Å². The van der Waals surface area contributed by atoms with Crippen LogP contribution in [0.1, 0.15) is 33.6 Å². The van der Waals surface area contributed by atoms with Crippen LogP contribution in [0.2, 0.25) is 0 Å². The fourth-order valence-electron chi connectivity index (χ4n) is 2.52. The summed E-state index contributed by atoms with van der Waals surface area (Å²) in [4.78, 5) is 2.48. The van der Waals surface area contributed by atoms with Gasteiger partial charge in [-0.3, -0.25) is 0 Å². The van der Waals surface area contributed by atoms with Gasteiger partial charge in [0.05, 0.1) is 0 Å². The highest BCUT2D eigenvalue weighted by Crippen LogP contribution is 2.21. The predicted molar refractivity (Wildman–Crippen MR) is 75.3 cm³/mol. The summed E-state index contributed by atoms with van der Waals surface area (Å²) in [6, 6.07) is 2.10. The molecule has 0 aliphatic carbocycles. The van der Waals surface area contributed by atoms with Crippen LogP contribution in [-0.2, 0) is 0 Å². The number of likely N-dealkylation sites (tertiary alicyclic amines) is 1. The van der Waals surface area contributed by atoms with E-state index in [1.54, 1.807) is 0 Å². The zero-order valence-electron chi connectivity index (χ0n) is 11.5. The van der Waals surface area contributed by atoms with Gasteiger partial charge in [0.25, 0.3) is 0 Å². The Morgan fingerprint density at radius 2 is 2.12 bits per heavy atom. The van der Waals surface area contributed by atoms with Crippen LogP contribution in [0.4, 0.5) is 0 Å². The Balaban J connectivity index is 2.35. The second-order valence-electron chi connectivity index (χ2n) is 5.46. The molecule has 0 spiro atoms. The number of piperidine rings is 1. The molecule has 0 aromatic carbocycles. The molecule has 1 heterocycles. The van der Waals surface area contributed by atoms with Crippen molar-refractivity contribution in [2.75, 3.05) is 25.6 Å². The molecule has 16 heavy (non-hydrogen) atoms. The number of hydrogen-bond donors (Lipinski definition) is 1. The van der Waals surface area contributed by atoms with E-state index >= 15 is 0 Å².